The molecule has 0 saturated heterocycles. The predicted molar refractivity (Wildman–Crippen MR) is 89.6 cm³/mol. The lowest BCUT2D eigenvalue weighted by Crippen LogP contribution is -2.37. The number of aliphatic hydroxyl groups excluding tert-OH is 1. The molecule has 1 aliphatic rings. The maximum absolute atomic E-state index is 11.9. The Bertz CT molecular complexity index is 655. The van der Waals surface area contributed by atoms with Gasteiger partial charge in [-0.2, -0.15) is 0 Å². The molecule has 1 amide bonds. The molecule has 0 unspecified atom stereocenters. The van der Waals surface area contributed by atoms with Gasteiger partial charge in [-0.25, -0.2) is 4.98 Å². The van der Waals surface area contributed by atoms with E-state index in [-0.39, 0.29) is 24.3 Å². The van der Waals surface area contributed by atoms with E-state index in [2.05, 4.69) is 15.3 Å². The molecule has 1 aromatic heterocycles. The Hall–Kier alpha value is -2.34. The van der Waals surface area contributed by atoms with Crippen LogP contribution in [0.25, 0.3) is 0 Å². The Labute approximate surface area is 141 Å². The summed E-state index contributed by atoms with van der Waals surface area (Å²) in [4.78, 5) is 18.7. The molecule has 1 aliphatic carbocycles. The summed E-state index contributed by atoms with van der Waals surface area (Å²) in [5.74, 6) is 0.717. The minimum absolute atomic E-state index is 0.0196. The van der Waals surface area contributed by atoms with Crippen molar-refractivity contribution >= 4 is 5.91 Å². The Morgan fingerprint density at radius 1 is 1.38 bits per heavy atom. The molecule has 0 spiro atoms. The van der Waals surface area contributed by atoms with Crippen LogP contribution in [0.1, 0.15) is 24.1 Å². The second-order valence-corrected chi connectivity index (χ2v) is 6.36. The van der Waals surface area contributed by atoms with E-state index in [1.807, 2.05) is 31.2 Å². The third-order valence-corrected chi connectivity index (χ3v) is 4.46. The van der Waals surface area contributed by atoms with E-state index in [4.69, 9.17) is 4.74 Å². The smallest absolute Gasteiger partial charge is 0.226 e. The fourth-order valence-corrected chi connectivity index (χ4v) is 3.03. The molecule has 1 heterocycles. The first-order chi connectivity index (χ1) is 11.6. The molecule has 6 nitrogen and oxygen atoms in total. The van der Waals surface area contributed by atoms with Crippen molar-refractivity contribution in [3.63, 3.8) is 0 Å². The van der Waals surface area contributed by atoms with Gasteiger partial charge in [-0.05, 0) is 31.9 Å². The van der Waals surface area contributed by atoms with Crippen LogP contribution in [0, 0.1) is 12.8 Å². The number of aromatic nitrogens is 2. The van der Waals surface area contributed by atoms with Crippen LogP contribution in [0.2, 0.25) is 0 Å². The van der Waals surface area contributed by atoms with Crippen molar-refractivity contribution in [1.82, 2.24) is 15.3 Å². The highest BCUT2D eigenvalue weighted by atomic mass is 16.5. The van der Waals surface area contributed by atoms with Gasteiger partial charge in [-0.15, -0.1) is 0 Å². The molecule has 0 bridgehead atoms. The van der Waals surface area contributed by atoms with Crippen molar-refractivity contribution < 1.29 is 14.6 Å². The number of hydrogen-bond acceptors (Lipinski definition) is 4. The van der Waals surface area contributed by atoms with Crippen molar-refractivity contribution in [1.29, 1.82) is 0 Å². The van der Waals surface area contributed by atoms with Crippen LogP contribution < -0.4 is 10.1 Å². The molecule has 1 fully saturated rings. The van der Waals surface area contributed by atoms with Gasteiger partial charge in [0.1, 0.15) is 11.9 Å². The number of nitrogens with one attached hydrogen (secondary N) is 2. The number of hydrogen-bond donors (Lipinski definition) is 3. The van der Waals surface area contributed by atoms with E-state index in [1.165, 1.54) is 5.56 Å². The topological polar surface area (TPSA) is 87.2 Å². The minimum Gasteiger partial charge on any atom is -0.488 e. The van der Waals surface area contributed by atoms with Crippen LogP contribution in [0.3, 0.4) is 0 Å². The van der Waals surface area contributed by atoms with Gasteiger partial charge in [0, 0.05) is 24.4 Å². The number of carbonyl (C=O) groups is 1. The lowest BCUT2D eigenvalue weighted by Gasteiger charge is -2.21. The molecular formula is C18H23N3O3. The summed E-state index contributed by atoms with van der Waals surface area (Å²) in [5, 5.41) is 13.3. The number of H-pyrrole nitrogens is 1. The maximum atomic E-state index is 11.9. The maximum Gasteiger partial charge on any atom is 0.226 e. The van der Waals surface area contributed by atoms with Gasteiger partial charge in [0.05, 0.1) is 18.9 Å². The molecule has 1 saturated carbocycles. The molecule has 0 aliphatic heterocycles. The number of imidazole rings is 1. The molecule has 24 heavy (non-hydrogen) atoms. The van der Waals surface area contributed by atoms with Crippen molar-refractivity contribution in [2.75, 3.05) is 6.54 Å². The van der Waals surface area contributed by atoms with Gasteiger partial charge < -0.3 is 20.1 Å². The predicted octanol–water partition coefficient (Wildman–Crippen LogP) is 1.60. The monoisotopic (exact) mass is 329 g/mol. The summed E-state index contributed by atoms with van der Waals surface area (Å²) in [5.41, 5.74) is 1.95. The van der Waals surface area contributed by atoms with Gasteiger partial charge in [0.2, 0.25) is 5.91 Å². The van der Waals surface area contributed by atoms with Crippen LogP contribution in [0.5, 0.6) is 5.75 Å². The Kier molecular flexibility index (Phi) is 5.15. The lowest BCUT2D eigenvalue weighted by molar-refractivity contribution is -0.120. The summed E-state index contributed by atoms with van der Waals surface area (Å²) in [6, 6.07) is 7.82. The summed E-state index contributed by atoms with van der Waals surface area (Å²) >= 11 is 0. The second-order valence-electron chi connectivity index (χ2n) is 6.36. The van der Waals surface area contributed by atoms with Gasteiger partial charge >= 0.3 is 0 Å². The number of aryl methyl sites for hydroxylation is 1. The zero-order valence-electron chi connectivity index (χ0n) is 13.7. The van der Waals surface area contributed by atoms with Crippen molar-refractivity contribution in [2.24, 2.45) is 5.92 Å². The first-order valence-corrected chi connectivity index (χ1v) is 8.27. The Balaban J connectivity index is 1.46. The fourth-order valence-electron chi connectivity index (χ4n) is 3.03. The van der Waals surface area contributed by atoms with Crippen molar-refractivity contribution in [3.8, 4) is 5.75 Å². The summed E-state index contributed by atoms with van der Waals surface area (Å²) in [7, 11) is 0. The van der Waals surface area contributed by atoms with Gasteiger partial charge in [0.25, 0.3) is 0 Å². The average Bonchev–Trinajstić information content (AvgIpc) is 3.19. The number of benzene rings is 1. The number of amides is 1. The summed E-state index contributed by atoms with van der Waals surface area (Å²) in [6.07, 6.45) is 4.29. The number of aromatic amines is 1. The highest BCUT2D eigenvalue weighted by Crippen LogP contribution is 2.29. The number of ether oxygens (including phenoxy) is 1. The summed E-state index contributed by atoms with van der Waals surface area (Å²) < 4.78 is 5.89. The lowest BCUT2D eigenvalue weighted by atomic mass is 10.1. The number of rotatable bonds is 6. The molecule has 3 atom stereocenters. The minimum atomic E-state index is -0.571. The van der Waals surface area contributed by atoms with Crippen LogP contribution in [0.4, 0.5) is 0 Å². The number of nitrogens with zero attached hydrogens (tertiary/aromatic N) is 1. The van der Waals surface area contributed by atoms with Crippen LogP contribution in [0.15, 0.2) is 36.8 Å². The summed E-state index contributed by atoms with van der Waals surface area (Å²) in [6.45, 7) is 2.48. The molecule has 128 valence electrons. The van der Waals surface area contributed by atoms with E-state index in [9.17, 15) is 9.90 Å². The molecule has 2 aromatic rings. The highest BCUT2D eigenvalue weighted by molar-refractivity contribution is 5.78. The SMILES string of the molecule is Cc1ccc(O[C@@H]2CC[C@H](CNC(=O)Cc3cnc[nH]3)[C@H]2O)cc1. The highest BCUT2D eigenvalue weighted by Gasteiger charge is 2.36. The fraction of sp³-hybridized carbons (Fsp3) is 0.444. The normalized spacial score (nSPS) is 23.2. The van der Waals surface area contributed by atoms with E-state index in [0.717, 1.165) is 24.3 Å². The van der Waals surface area contributed by atoms with E-state index >= 15 is 0 Å². The van der Waals surface area contributed by atoms with Crippen molar-refractivity contribution in [3.05, 3.63) is 48.0 Å². The zero-order valence-corrected chi connectivity index (χ0v) is 13.7. The van der Waals surface area contributed by atoms with Gasteiger partial charge in [-0.3, -0.25) is 4.79 Å². The first-order valence-electron chi connectivity index (χ1n) is 8.27. The van der Waals surface area contributed by atoms with Crippen molar-refractivity contribution in [2.45, 2.75) is 38.4 Å². The standard InChI is InChI=1S/C18H23N3O3/c1-12-2-5-15(6-3-12)24-16-7-4-13(18(16)23)9-20-17(22)8-14-10-19-11-21-14/h2-3,5-6,10-11,13,16,18,23H,4,7-9H2,1H3,(H,19,21)(H,20,22)/t13-,16-,18-/m1/s1. The second kappa shape index (κ2) is 7.49. The van der Waals surface area contributed by atoms with E-state index < -0.39 is 6.10 Å². The largest absolute Gasteiger partial charge is 0.488 e. The zero-order chi connectivity index (χ0) is 16.9. The molecule has 0 radical (unpaired) electrons. The quantitative estimate of drug-likeness (QED) is 0.751. The molecule has 3 rings (SSSR count). The molecule has 3 N–H and O–H groups in total. The van der Waals surface area contributed by atoms with Crippen LogP contribution >= 0.6 is 0 Å². The van der Waals surface area contributed by atoms with Crippen LogP contribution in [-0.2, 0) is 11.2 Å². The third-order valence-electron chi connectivity index (χ3n) is 4.46. The molecule has 6 heteroatoms. The average molecular weight is 329 g/mol. The van der Waals surface area contributed by atoms with E-state index in [0.29, 0.717) is 6.54 Å². The van der Waals surface area contributed by atoms with Crippen LogP contribution in [-0.4, -0.2) is 39.7 Å². The number of carbonyl (C=O) groups excluding carboxylic acids is 1. The Morgan fingerprint density at radius 3 is 2.88 bits per heavy atom. The van der Waals surface area contributed by atoms with E-state index in [1.54, 1.807) is 12.5 Å². The third kappa shape index (κ3) is 4.14. The number of aliphatic hydroxyl groups is 1. The Morgan fingerprint density at radius 2 is 2.17 bits per heavy atom. The van der Waals surface area contributed by atoms with Gasteiger partial charge in [-0.1, -0.05) is 17.7 Å². The molecule has 1 aromatic carbocycles. The van der Waals surface area contributed by atoms with Gasteiger partial charge in [0.15, 0.2) is 0 Å². The molecular weight excluding hydrogens is 306 g/mol. The first kappa shape index (κ1) is 16.5.